The van der Waals surface area contributed by atoms with Crippen LogP contribution in [0.4, 0.5) is 17.5 Å². The molecule has 3 aromatic rings. The van der Waals surface area contributed by atoms with Gasteiger partial charge in [0.05, 0.1) is 6.20 Å². The van der Waals surface area contributed by atoms with Gasteiger partial charge in [-0.3, -0.25) is 4.68 Å². The fourth-order valence-corrected chi connectivity index (χ4v) is 3.36. The molecule has 0 fully saturated rings. The summed E-state index contributed by atoms with van der Waals surface area (Å²) in [5, 5.41) is 15.3. The largest absolute Gasteiger partial charge is 0.372 e. The molecule has 0 saturated heterocycles. The van der Waals surface area contributed by atoms with Gasteiger partial charge in [0.25, 0.3) is 0 Å². The molecule has 2 aromatic heterocycles. The van der Waals surface area contributed by atoms with E-state index >= 15 is 0 Å². The third-order valence-electron chi connectivity index (χ3n) is 4.64. The van der Waals surface area contributed by atoms with Gasteiger partial charge in [0.1, 0.15) is 10.7 Å². The number of nitrogens with zero attached hydrogens (tertiary/aromatic N) is 5. The number of aryl methyl sites for hydroxylation is 1. The smallest absolute Gasteiger partial charge is 0.222 e. The minimum Gasteiger partial charge on any atom is -0.372 e. The summed E-state index contributed by atoms with van der Waals surface area (Å²) >= 11 is 6.28. The molecule has 0 radical (unpaired) electrons. The highest BCUT2D eigenvalue weighted by molar-refractivity contribution is 6.33. The van der Waals surface area contributed by atoms with E-state index in [2.05, 4.69) is 26.9 Å². The van der Waals surface area contributed by atoms with E-state index < -0.39 is 5.60 Å². The Labute approximate surface area is 167 Å². The normalized spacial score (nSPS) is 14.9. The molecule has 1 unspecified atom stereocenters. The van der Waals surface area contributed by atoms with Gasteiger partial charge in [-0.1, -0.05) is 29.5 Å². The zero-order valence-electron chi connectivity index (χ0n) is 15.5. The molecule has 1 atom stereocenters. The minimum absolute atomic E-state index is 0.176. The second-order valence-corrected chi connectivity index (χ2v) is 7.25. The van der Waals surface area contributed by atoms with Crippen LogP contribution < -0.4 is 10.6 Å². The summed E-state index contributed by atoms with van der Waals surface area (Å²) < 4.78 is 1.63. The lowest BCUT2D eigenvalue weighted by Crippen LogP contribution is -2.19. The van der Waals surface area contributed by atoms with Gasteiger partial charge in [-0.25, -0.2) is 4.98 Å². The summed E-state index contributed by atoms with van der Waals surface area (Å²) in [6, 6.07) is 7.70. The molecule has 28 heavy (non-hydrogen) atoms. The number of benzene rings is 1. The molecule has 1 aromatic carbocycles. The van der Waals surface area contributed by atoms with Crippen LogP contribution in [-0.2, 0) is 19.1 Å². The molecule has 0 amide bonds. The van der Waals surface area contributed by atoms with Crippen molar-refractivity contribution in [3.05, 3.63) is 58.5 Å². The van der Waals surface area contributed by atoms with Crippen molar-refractivity contribution >= 4 is 29.1 Å². The van der Waals surface area contributed by atoms with Gasteiger partial charge in [0, 0.05) is 31.0 Å². The van der Waals surface area contributed by atoms with Crippen molar-refractivity contribution < 1.29 is 5.11 Å². The molecule has 7 nitrogen and oxygen atoms in total. The fourth-order valence-electron chi connectivity index (χ4n) is 3.17. The van der Waals surface area contributed by atoms with Crippen molar-refractivity contribution in [2.45, 2.75) is 18.9 Å². The van der Waals surface area contributed by atoms with E-state index in [1.807, 2.05) is 23.1 Å². The van der Waals surface area contributed by atoms with Crippen molar-refractivity contribution in [2.24, 2.45) is 7.05 Å². The maximum atomic E-state index is 10.6. The molecule has 8 heteroatoms. The maximum Gasteiger partial charge on any atom is 0.222 e. The first-order chi connectivity index (χ1) is 13.3. The molecule has 3 N–H and O–H groups in total. The Bertz CT molecular complexity index is 1110. The van der Waals surface area contributed by atoms with Gasteiger partial charge >= 0.3 is 0 Å². The first-order valence-electron chi connectivity index (χ1n) is 8.78. The van der Waals surface area contributed by atoms with Crippen LogP contribution in [-0.4, -0.2) is 31.4 Å². The number of anilines is 3. The fraction of sp³-hybridized carbons (Fsp3) is 0.250. The third kappa shape index (κ3) is 3.40. The molecular formula is C20H19ClN6O. The lowest BCUT2D eigenvalue weighted by molar-refractivity contribution is 0.116. The van der Waals surface area contributed by atoms with E-state index in [0.29, 0.717) is 16.5 Å². The van der Waals surface area contributed by atoms with Gasteiger partial charge in [-0.2, -0.15) is 10.1 Å². The Morgan fingerprint density at radius 3 is 2.89 bits per heavy atom. The highest BCUT2D eigenvalue weighted by Crippen LogP contribution is 2.37. The molecule has 3 heterocycles. The number of rotatable bonds is 2. The van der Waals surface area contributed by atoms with Crippen molar-refractivity contribution in [1.82, 2.24) is 19.7 Å². The zero-order chi connectivity index (χ0) is 19.9. The lowest BCUT2D eigenvalue weighted by Gasteiger charge is -2.19. The van der Waals surface area contributed by atoms with Crippen LogP contribution in [0.15, 0.2) is 36.7 Å². The Kier molecular flexibility index (Phi) is 4.46. The van der Waals surface area contributed by atoms with E-state index in [9.17, 15) is 5.11 Å². The number of hydrogen-bond acceptors (Lipinski definition) is 6. The van der Waals surface area contributed by atoms with E-state index in [0.717, 1.165) is 24.2 Å². The monoisotopic (exact) mass is 394 g/mol. The molecule has 0 aliphatic carbocycles. The van der Waals surface area contributed by atoms with Crippen molar-refractivity contribution in [3.8, 4) is 11.8 Å². The number of nitrogen functional groups attached to an aromatic ring is 1. The number of nitrogens with two attached hydrogens (primary N) is 1. The number of halogens is 1. The zero-order valence-corrected chi connectivity index (χ0v) is 16.3. The second-order valence-electron chi connectivity index (χ2n) is 6.84. The maximum absolute atomic E-state index is 10.6. The molecule has 0 bridgehead atoms. The van der Waals surface area contributed by atoms with Crippen molar-refractivity contribution in [3.63, 3.8) is 0 Å². The quantitative estimate of drug-likeness (QED) is 0.648. The van der Waals surface area contributed by atoms with E-state index in [-0.39, 0.29) is 5.95 Å². The molecule has 142 valence electrons. The SMILES string of the molecule is Cn1ccc(C(C)(O)C#Cc2ccc3c(c2)N(c2nc(N)ncc2Cl)CC3)n1. The summed E-state index contributed by atoms with van der Waals surface area (Å²) in [6.45, 7) is 2.37. The molecule has 1 aliphatic rings. The summed E-state index contributed by atoms with van der Waals surface area (Å²) in [4.78, 5) is 10.2. The predicted molar refractivity (Wildman–Crippen MR) is 108 cm³/mol. The average Bonchev–Trinajstić information content (AvgIpc) is 3.28. The van der Waals surface area contributed by atoms with Crippen LogP contribution >= 0.6 is 11.6 Å². The van der Waals surface area contributed by atoms with E-state index in [1.54, 1.807) is 30.9 Å². The number of aromatic nitrogens is 4. The summed E-state index contributed by atoms with van der Waals surface area (Å²) in [7, 11) is 1.80. The van der Waals surface area contributed by atoms with Crippen molar-refractivity contribution in [1.29, 1.82) is 0 Å². The number of fused-ring (bicyclic) bond motifs is 1. The van der Waals surface area contributed by atoms with Crippen LogP contribution in [0.1, 0.15) is 23.7 Å². The molecule has 1 aliphatic heterocycles. The molecule has 0 spiro atoms. The Morgan fingerprint density at radius 1 is 1.32 bits per heavy atom. The number of hydrogen-bond donors (Lipinski definition) is 2. The van der Waals surface area contributed by atoms with Crippen molar-refractivity contribution in [2.75, 3.05) is 17.2 Å². The van der Waals surface area contributed by atoms with Crippen LogP contribution in [0.3, 0.4) is 0 Å². The highest BCUT2D eigenvalue weighted by atomic mass is 35.5. The van der Waals surface area contributed by atoms with Gasteiger partial charge in [0.2, 0.25) is 5.95 Å². The average molecular weight is 395 g/mol. The Balaban J connectivity index is 1.67. The van der Waals surface area contributed by atoms with Gasteiger partial charge < -0.3 is 15.7 Å². The van der Waals surface area contributed by atoms with Gasteiger partial charge in [-0.05, 0) is 37.1 Å². The van der Waals surface area contributed by atoms with Gasteiger partial charge in [0.15, 0.2) is 11.4 Å². The Morgan fingerprint density at radius 2 is 2.14 bits per heavy atom. The van der Waals surface area contributed by atoms with Crippen LogP contribution in [0.2, 0.25) is 5.02 Å². The first-order valence-corrected chi connectivity index (χ1v) is 9.15. The summed E-state index contributed by atoms with van der Waals surface area (Å²) in [5.41, 5.74) is 7.83. The van der Waals surface area contributed by atoms with Crippen LogP contribution in [0.25, 0.3) is 0 Å². The predicted octanol–water partition coefficient (Wildman–Crippen LogP) is 2.40. The number of aliphatic hydroxyl groups is 1. The van der Waals surface area contributed by atoms with Crippen LogP contribution in [0.5, 0.6) is 0 Å². The summed E-state index contributed by atoms with van der Waals surface area (Å²) in [5.74, 6) is 6.72. The second kappa shape index (κ2) is 6.82. The van der Waals surface area contributed by atoms with E-state index in [4.69, 9.17) is 17.3 Å². The topological polar surface area (TPSA) is 93.1 Å². The molecule has 4 rings (SSSR count). The first kappa shape index (κ1) is 18.3. The minimum atomic E-state index is -1.34. The van der Waals surface area contributed by atoms with E-state index in [1.165, 1.54) is 11.8 Å². The summed E-state index contributed by atoms with van der Waals surface area (Å²) in [6.07, 6.45) is 4.15. The van der Waals surface area contributed by atoms with Gasteiger partial charge in [-0.15, -0.1) is 0 Å². The molecular weight excluding hydrogens is 376 g/mol. The third-order valence-corrected chi connectivity index (χ3v) is 4.91. The Hall–Kier alpha value is -3.08. The molecule has 0 saturated carbocycles. The lowest BCUT2D eigenvalue weighted by atomic mass is 10.0. The van der Waals surface area contributed by atoms with Crippen LogP contribution in [0, 0.1) is 11.8 Å². The highest BCUT2D eigenvalue weighted by Gasteiger charge is 2.25. The standard InChI is InChI=1S/C20H19ClN6O/c1-20(28,17-7-9-26(2)25-17)8-5-13-3-4-14-6-10-27(16(14)11-13)18-15(21)12-23-19(22)24-18/h3-4,7,9,11-12,28H,6,10H2,1-2H3,(H2,22,23,24).